The van der Waals surface area contributed by atoms with Crippen molar-refractivity contribution in [2.45, 2.75) is 33.1 Å². The van der Waals surface area contributed by atoms with Gasteiger partial charge in [-0.05, 0) is 40.7 Å². The summed E-state index contributed by atoms with van der Waals surface area (Å²) >= 11 is 6.74. The maximum Gasteiger partial charge on any atom is 0.0621 e. The minimum Gasteiger partial charge on any atom is -0.117 e. The van der Waals surface area contributed by atoms with Crippen molar-refractivity contribution >= 4 is 22.4 Å². The van der Waals surface area contributed by atoms with Gasteiger partial charge < -0.3 is 0 Å². The lowest BCUT2D eigenvalue weighted by Gasteiger charge is -2.24. The molecule has 0 heterocycles. The molecule has 0 aliphatic rings. The minimum absolute atomic E-state index is 0.0797. The Labute approximate surface area is 115 Å². The zero-order chi connectivity index (χ0) is 13.3. The lowest BCUT2D eigenvalue weighted by atomic mass is 9.86. The molecule has 0 saturated carbocycles. The molecule has 0 aliphatic heterocycles. The molecule has 0 saturated heterocycles. The first-order valence-electron chi connectivity index (χ1n) is 6.64. The maximum absolute atomic E-state index is 6.74. The standard InChI is InChI=1S/C17H21Cl/c1-11(2)13(4)17(18)16-12(3)9-10-14-7-5-6-8-15(14)16/h5-11,13,17H,1-4H3. The zero-order valence-electron chi connectivity index (χ0n) is 11.6. The summed E-state index contributed by atoms with van der Waals surface area (Å²) < 4.78 is 0. The highest BCUT2D eigenvalue weighted by Crippen LogP contribution is 2.39. The van der Waals surface area contributed by atoms with Gasteiger partial charge in [0.25, 0.3) is 0 Å². The van der Waals surface area contributed by atoms with E-state index in [0.717, 1.165) is 0 Å². The second-order valence-corrected chi connectivity index (χ2v) is 5.99. The van der Waals surface area contributed by atoms with Gasteiger partial charge in [-0.2, -0.15) is 0 Å². The summed E-state index contributed by atoms with van der Waals surface area (Å²) in [5, 5.41) is 2.65. The molecule has 0 radical (unpaired) electrons. The van der Waals surface area contributed by atoms with Crippen molar-refractivity contribution in [1.82, 2.24) is 0 Å². The fraction of sp³-hybridized carbons (Fsp3) is 0.412. The van der Waals surface area contributed by atoms with E-state index in [-0.39, 0.29) is 5.38 Å². The molecule has 0 fully saturated rings. The van der Waals surface area contributed by atoms with E-state index in [0.29, 0.717) is 11.8 Å². The Bertz CT molecular complexity index is 542. The number of hydrogen-bond acceptors (Lipinski definition) is 0. The van der Waals surface area contributed by atoms with E-state index < -0.39 is 0 Å². The lowest BCUT2D eigenvalue weighted by molar-refractivity contribution is 0.406. The maximum atomic E-state index is 6.74. The van der Waals surface area contributed by atoms with Crippen LogP contribution in [0.1, 0.15) is 37.3 Å². The van der Waals surface area contributed by atoms with Crippen LogP contribution in [0.25, 0.3) is 10.8 Å². The van der Waals surface area contributed by atoms with E-state index >= 15 is 0 Å². The average Bonchev–Trinajstić information content (AvgIpc) is 2.37. The lowest BCUT2D eigenvalue weighted by Crippen LogP contribution is -2.12. The highest BCUT2D eigenvalue weighted by atomic mass is 35.5. The van der Waals surface area contributed by atoms with Crippen molar-refractivity contribution in [3.8, 4) is 0 Å². The summed E-state index contributed by atoms with van der Waals surface area (Å²) in [7, 11) is 0. The molecule has 0 N–H and O–H groups in total. The molecule has 18 heavy (non-hydrogen) atoms. The molecule has 2 aromatic rings. The van der Waals surface area contributed by atoms with Gasteiger partial charge in [-0.15, -0.1) is 11.6 Å². The van der Waals surface area contributed by atoms with E-state index in [1.54, 1.807) is 0 Å². The van der Waals surface area contributed by atoms with Crippen LogP contribution in [0.15, 0.2) is 36.4 Å². The molecule has 2 rings (SSSR count). The van der Waals surface area contributed by atoms with Crippen LogP contribution in [0.4, 0.5) is 0 Å². The van der Waals surface area contributed by atoms with Gasteiger partial charge in [-0.3, -0.25) is 0 Å². The van der Waals surface area contributed by atoms with E-state index in [9.17, 15) is 0 Å². The van der Waals surface area contributed by atoms with E-state index in [1.807, 2.05) is 0 Å². The molecular formula is C17H21Cl. The van der Waals surface area contributed by atoms with Crippen molar-refractivity contribution in [3.63, 3.8) is 0 Å². The Hall–Kier alpha value is -1.01. The molecule has 0 aromatic heterocycles. The number of benzene rings is 2. The van der Waals surface area contributed by atoms with E-state index in [4.69, 9.17) is 11.6 Å². The number of rotatable bonds is 3. The number of aryl methyl sites for hydroxylation is 1. The van der Waals surface area contributed by atoms with E-state index in [2.05, 4.69) is 64.1 Å². The van der Waals surface area contributed by atoms with Gasteiger partial charge in [0, 0.05) is 0 Å². The molecule has 0 spiro atoms. The average molecular weight is 261 g/mol. The third kappa shape index (κ3) is 2.40. The highest BCUT2D eigenvalue weighted by molar-refractivity contribution is 6.22. The van der Waals surface area contributed by atoms with Crippen LogP contribution in [-0.4, -0.2) is 0 Å². The fourth-order valence-corrected chi connectivity index (χ4v) is 2.95. The normalized spacial score (nSPS) is 15.0. The third-order valence-corrected chi connectivity index (χ3v) is 4.59. The molecule has 2 aromatic carbocycles. The molecule has 0 aliphatic carbocycles. The molecule has 0 nitrogen and oxygen atoms in total. The number of halogens is 1. The summed E-state index contributed by atoms with van der Waals surface area (Å²) in [6, 6.07) is 12.9. The Morgan fingerprint density at radius 3 is 2.28 bits per heavy atom. The van der Waals surface area contributed by atoms with Gasteiger partial charge in [0.1, 0.15) is 0 Å². The Morgan fingerprint density at radius 2 is 1.61 bits per heavy atom. The summed E-state index contributed by atoms with van der Waals surface area (Å²) in [6.45, 7) is 8.87. The van der Waals surface area contributed by atoms with Crippen LogP contribution in [0.5, 0.6) is 0 Å². The second-order valence-electron chi connectivity index (χ2n) is 5.52. The van der Waals surface area contributed by atoms with Crippen LogP contribution in [0, 0.1) is 18.8 Å². The van der Waals surface area contributed by atoms with Crippen LogP contribution in [-0.2, 0) is 0 Å². The fourth-order valence-electron chi connectivity index (χ4n) is 2.37. The number of hydrogen-bond donors (Lipinski definition) is 0. The van der Waals surface area contributed by atoms with Crippen LogP contribution < -0.4 is 0 Å². The van der Waals surface area contributed by atoms with Crippen LogP contribution in [0.3, 0.4) is 0 Å². The van der Waals surface area contributed by atoms with Crippen molar-refractivity contribution < 1.29 is 0 Å². The van der Waals surface area contributed by atoms with Crippen molar-refractivity contribution in [1.29, 1.82) is 0 Å². The Morgan fingerprint density at radius 1 is 0.944 bits per heavy atom. The predicted octanol–water partition coefficient (Wildman–Crippen LogP) is 5.72. The third-order valence-electron chi connectivity index (χ3n) is 3.98. The smallest absolute Gasteiger partial charge is 0.0621 e. The van der Waals surface area contributed by atoms with Crippen molar-refractivity contribution in [3.05, 3.63) is 47.5 Å². The molecule has 1 heteroatoms. The molecule has 96 valence electrons. The van der Waals surface area contributed by atoms with Gasteiger partial charge in [0.2, 0.25) is 0 Å². The highest BCUT2D eigenvalue weighted by Gasteiger charge is 2.22. The van der Waals surface area contributed by atoms with Gasteiger partial charge in [0.15, 0.2) is 0 Å². The summed E-state index contributed by atoms with van der Waals surface area (Å²) in [6.07, 6.45) is 0. The van der Waals surface area contributed by atoms with Gasteiger partial charge in [-0.1, -0.05) is 57.2 Å². The topological polar surface area (TPSA) is 0 Å². The first-order chi connectivity index (χ1) is 8.52. The van der Waals surface area contributed by atoms with Crippen LogP contribution in [0.2, 0.25) is 0 Å². The minimum atomic E-state index is 0.0797. The van der Waals surface area contributed by atoms with E-state index in [1.165, 1.54) is 21.9 Å². The molecular weight excluding hydrogens is 240 g/mol. The Kier molecular flexibility index (Phi) is 3.97. The summed E-state index contributed by atoms with van der Waals surface area (Å²) in [5.74, 6) is 1.06. The van der Waals surface area contributed by atoms with Gasteiger partial charge in [0.05, 0.1) is 5.38 Å². The van der Waals surface area contributed by atoms with Crippen LogP contribution >= 0.6 is 11.6 Å². The largest absolute Gasteiger partial charge is 0.117 e. The first-order valence-corrected chi connectivity index (χ1v) is 7.08. The van der Waals surface area contributed by atoms with Gasteiger partial charge >= 0.3 is 0 Å². The second kappa shape index (κ2) is 5.32. The SMILES string of the molecule is Cc1ccc2ccccc2c1C(Cl)C(C)C(C)C. The molecule has 2 unspecified atom stereocenters. The molecule has 2 atom stereocenters. The van der Waals surface area contributed by atoms with Gasteiger partial charge in [-0.25, -0.2) is 0 Å². The first kappa shape index (κ1) is 13.4. The summed E-state index contributed by atoms with van der Waals surface area (Å²) in [5.41, 5.74) is 2.59. The zero-order valence-corrected chi connectivity index (χ0v) is 12.3. The quantitative estimate of drug-likeness (QED) is 0.619. The van der Waals surface area contributed by atoms with Crippen molar-refractivity contribution in [2.75, 3.05) is 0 Å². The monoisotopic (exact) mass is 260 g/mol. The number of alkyl halides is 1. The van der Waals surface area contributed by atoms with Crippen molar-refractivity contribution in [2.24, 2.45) is 11.8 Å². The molecule has 0 amide bonds. The predicted molar refractivity (Wildman–Crippen MR) is 81.3 cm³/mol. The molecule has 0 bridgehead atoms. The summed E-state index contributed by atoms with van der Waals surface area (Å²) in [4.78, 5) is 0. The number of fused-ring (bicyclic) bond motifs is 1. The Balaban J connectivity index is 2.58.